The van der Waals surface area contributed by atoms with E-state index in [1.54, 1.807) is 36.4 Å². The third kappa shape index (κ3) is 7.94. The maximum atomic E-state index is 14.5. The topological polar surface area (TPSA) is 86.8 Å². The Morgan fingerprint density at radius 3 is 1.95 bits per heavy atom. The number of aryl methyl sites for hydroxylation is 3. The highest BCUT2D eigenvalue weighted by Crippen LogP contribution is 2.28. The highest BCUT2D eigenvalue weighted by molar-refractivity contribution is 7.92. The largest absolute Gasteiger partial charge is 0.352 e. The van der Waals surface area contributed by atoms with Gasteiger partial charge in [0, 0.05) is 19.0 Å². The number of carbonyl (C=O) groups excluding carboxylic acids is 2. The predicted molar refractivity (Wildman–Crippen MR) is 176 cm³/mol. The first-order chi connectivity index (χ1) is 21.0. The van der Waals surface area contributed by atoms with Crippen LogP contribution in [0.25, 0.3) is 0 Å². The number of rotatable bonds is 12. The summed E-state index contributed by atoms with van der Waals surface area (Å²) in [6, 6.07) is 29.9. The number of sulfonamides is 1. The Balaban J connectivity index is 1.82. The fourth-order valence-corrected chi connectivity index (χ4v) is 6.58. The highest BCUT2D eigenvalue weighted by atomic mass is 32.2. The predicted octanol–water partition coefficient (Wildman–Crippen LogP) is 5.97. The number of nitrogens with zero attached hydrogens (tertiary/aromatic N) is 2. The third-order valence-corrected chi connectivity index (χ3v) is 9.35. The first kappa shape index (κ1) is 32.5. The molecular formula is C36H41N3O4S. The zero-order valence-corrected chi connectivity index (χ0v) is 26.8. The highest BCUT2D eigenvalue weighted by Gasteiger charge is 2.35. The van der Waals surface area contributed by atoms with Crippen LogP contribution in [0.4, 0.5) is 5.69 Å². The van der Waals surface area contributed by atoms with Crippen molar-refractivity contribution in [2.45, 2.75) is 64.6 Å². The van der Waals surface area contributed by atoms with E-state index in [0.29, 0.717) is 11.3 Å². The second kappa shape index (κ2) is 14.4. The van der Waals surface area contributed by atoms with Crippen molar-refractivity contribution < 1.29 is 18.0 Å². The van der Waals surface area contributed by atoms with E-state index >= 15 is 0 Å². The van der Waals surface area contributed by atoms with E-state index in [9.17, 15) is 18.0 Å². The molecule has 4 rings (SSSR count). The molecule has 44 heavy (non-hydrogen) atoms. The molecule has 0 heterocycles. The molecule has 0 aromatic heterocycles. The van der Waals surface area contributed by atoms with Gasteiger partial charge in [-0.05, 0) is 75.1 Å². The average molecular weight is 612 g/mol. The molecule has 8 heteroatoms. The van der Waals surface area contributed by atoms with Crippen LogP contribution < -0.4 is 9.62 Å². The van der Waals surface area contributed by atoms with E-state index in [0.717, 1.165) is 22.3 Å². The van der Waals surface area contributed by atoms with E-state index in [2.05, 4.69) is 5.32 Å². The molecule has 0 radical (unpaired) electrons. The molecule has 0 aliphatic rings. The van der Waals surface area contributed by atoms with E-state index in [1.165, 1.54) is 9.21 Å². The van der Waals surface area contributed by atoms with Crippen LogP contribution in [0.5, 0.6) is 0 Å². The molecule has 0 bridgehead atoms. The first-order valence-corrected chi connectivity index (χ1v) is 16.2. The van der Waals surface area contributed by atoms with Gasteiger partial charge in [-0.15, -0.1) is 0 Å². The van der Waals surface area contributed by atoms with Crippen LogP contribution in [0, 0.1) is 20.8 Å². The summed E-state index contributed by atoms with van der Waals surface area (Å²) in [4.78, 5) is 30.0. The van der Waals surface area contributed by atoms with Crippen LogP contribution in [0.15, 0.2) is 108 Å². The van der Waals surface area contributed by atoms with Gasteiger partial charge in [0.1, 0.15) is 12.6 Å². The van der Waals surface area contributed by atoms with Gasteiger partial charge < -0.3 is 10.2 Å². The summed E-state index contributed by atoms with van der Waals surface area (Å²) in [7, 11) is -4.14. The summed E-state index contributed by atoms with van der Waals surface area (Å²) in [6.07, 6.45) is 0.270. The van der Waals surface area contributed by atoms with Gasteiger partial charge in [-0.2, -0.15) is 0 Å². The van der Waals surface area contributed by atoms with Gasteiger partial charge in [0.15, 0.2) is 0 Å². The summed E-state index contributed by atoms with van der Waals surface area (Å²) in [5, 5.41) is 2.99. The molecule has 1 atom stereocenters. The second-order valence-electron chi connectivity index (χ2n) is 11.4. The number of hydrogen-bond donors (Lipinski definition) is 1. The average Bonchev–Trinajstić information content (AvgIpc) is 2.99. The van der Waals surface area contributed by atoms with E-state index in [4.69, 9.17) is 0 Å². The van der Waals surface area contributed by atoms with Crippen LogP contribution in [0.1, 0.15) is 41.7 Å². The van der Waals surface area contributed by atoms with Crippen molar-refractivity contribution in [3.8, 4) is 0 Å². The van der Waals surface area contributed by atoms with Crippen molar-refractivity contribution in [2.24, 2.45) is 0 Å². The molecule has 7 nitrogen and oxygen atoms in total. The Bertz CT molecular complexity index is 1690. The molecule has 0 fully saturated rings. The van der Waals surface area contributed by atoms with Gasteiger partial charge >= 0.3 is 0 Å². The first-order valence-electron chi connectivity index (χ1n) is 14.8. The molecule has 4 aromatic rings. The number of nitrogens with one attached hydrogen (secondary N) is 1. The maximum Gasteiger partial charge on any atom is 0.264 e. The van der Waals surface area contributed by atoms with Gasteiger partial charge in [-0.3, -0.25) is 13.9 Å². The van der Waals surface area contributed by atoms with E-state index in [-0.39, 0.29) is 29.8 Å². The molecule has 0 aliphatic carbocycles. The molecule has 0 spiro atoms. The van der Waals surface area contributed by atoms with Crippen molar-refractivity contribution in [1.29, 1.82) is 0 Å². The zero-order chi connectivity index (χ0) is 31.9. The molecular weight excluding hydrogens is 570 g/mol. The fourth-order valence-electron chi connectivity index (χ4n) is 5.10. The Labute approximate surface area is 261 Å². The van der Waals surface area contributed by atoms with Crippen molar-refractivity contribution in [1.82, 2.24) is 10.2 Å². The van der Waals surface area contributed by atoms with Crippen molar-refractivity contribution >= 4 is 27.5 Å². The molecule has 230 valence electrons. The summed E-state index contributed by atoms with van der Waals surface area (Å²) in [5.74, 6) is -0.776. The lowest BCUT2D eigenvalue weighted by Crippen LogP contribution is -2.54. The molecule has 2 amide bonds. The van der Waals surface area contributed by atoms with Crippen molar-refractivity contribution in [3.05, 3.63) is 131 Å². The standard InChI is InChI=1S/C36H41N3O4S/c1-26(2)37-36(41)34(23-30-15-7-6-8-16-30)38(24-31-17-11-9-13-28(31)4)35(40)25-39(33-18-12-10-14-29(33)5)44(42,43)32-21-19-27(3)20-22-32/h6-22,26,34H,23-25H2,1-5H3,(H,37,41)/t34-/m1/s1. The van der Waals surface area contributed by atoms with Gasteiger partial charge in [0.25, 0.3) is 10.0 Å². The summed E-state index contributed by atoms with van der Waals surface area (Å²) >= 11 is 0. The third-order valence-electron chi connectivity index (χ3n) is 7.58. The van der Waals surface area contributed by atoms with Gasteiger partial charge in [0.05, 0.1) is 10.6 Å². The SMILES string of the molecule is Cc1ccc(S(=O)(=O)N(CC(=O)N(Cc2ccccc2C)[C@H](Cc2ccccc2)C(=O)NC(C)C)c2ccccc2C)cc1. The van der Waals surface area contributed by atoms with Crippen LogP contribution in [0.3, 0.4) is 0 Å². The summed E-state index contributed by atoms with van der Waals surface area (Å²) in [6.45, 7) is 9.07. The van der Waals surface area contributed by atoms with E-state index in [1.807, 2.05) is 101 Å². The van der Waals surface area contributed by atoms with Crippen LogP contribution in [0.2, 0.25) is 0 Å². The molecule has 0 saturated carbocycles. The Morgan fingerprint density at radius 1 is 0.750 bits per heavy atom. The molecule has 0 saturated heterocycles. The lowest BCUT2D eigenvalue weighted by Gasteiger charge is -2.34. The summed E-state index contributed by atoms with van der Waals surface area (Å²) < 4.78 is 29.5. The van der Waals surface area contributed by atoms with Crippen molar-refractivity contribution in [2.75, 3.05) is 10.8 Å². The molecule has 0 aliphatic heterocycles. The molecule has 4 aromatic carbocycles. The number of benzene rings is 4. The lowest BCUT2D eigenvalue weighted by molar-refractivity contribution is -0.140. The number of anilines is 1. The zero-order valence-electron chi connectivity index (χ0n) is 26.0. The molecule has 1 N–H and O–H groups in total. The Morgan fingerprint density at radius 2 is 1.34 bits per heavy atom. The minimum atomic E-state index is -4.14. The quantitative estimate of drug-likeness (QED) is 0.214. The van der Waals surface area contributed by atoms with Crippen LogP contribution in [-0.4, -0.2) is 43.8 Å². The van der Waals surface area contributed by atoms with Crippen molar-refractivity contribution in [3.63, 3.8) is 0 Å². The number of hydrogen-bond acceptors (Lipinski definition) is 4. The fraction of sp³-hybridized carbons (Fsp3) is 0.278. The monoisotopic (exact) mass is 611 g/mol. The van der Waals surface area contributed by atoms with E-state index < -0.39 is 28.5 Å². The summed E-state index contributed by atoms with van der Waals surface area (Å²) in [5.41, 5.74) is 4.77. The number of amides is 2. The van der Waals surface area contributed by atoms with Gasteiger partial charge in [-0.1, -0.05) is 90.5 Å². The second-order valence-corrected chi connectivity index (χ2v) is 13.3. The lowest BCUT2D eigenvalue weighted by atomic mass is 10.0. The molecule has 0 unspecified atom stereocenters. The Kier molecular flexibility index (Phi) is 10.6. The number of carbonyl (C=O) groups is 2. The smallest absolute Gasteiger partial charge is 0.264 e. The van der Waals surface area contributed by atoms with Gasteiger partial charge in [0.2, 0.25) is 11.8 Å². The Hall–Kier alpha value is -4.43. The normalized spacial score (nSPS) is 12.0. The van der Waals surface area contributed by atoms with Crippen LogP contribution in [-0.2, 0) is 32.6 Å². The minimum absolute atomic E-state index is 0.0861. The maximum absolute atomic E-state index is 14.5. The minimum Gasteiger partial charge on any atom is -0.352 e. The van der Waals surface area contributed by atoms with Gasteiger partial charge in [-0.25, -0.2) is 8.42 Å². The van der Waals surface area contributed by atoms with Crippen LogP contribution >= 0.6 is 0 Å². The number of para-hydroxylation sites is 1.